The number of rotatable bonds is 4. The van der Waals surface area contributed by atoms with Gasteiger partial charge in [-0.2, -0.15) is 0 Å². The molecule has 3 rings (SSSR count). The van der Waals surface area contributed by atoms with Crippen LogP contribution in [-0.2, 0) is 6.42 Å². The molecule has 1 amide bonds. The lowest BCUT2D eigenvalue weighted by Crippen LogP contribution is -2.30. The molecule has 0 bridgehead atoms. The van der Waals surface area contributed by atoms with E-state index < -0.39 is 0 Å². The van der Waals surface area contributed by atoms with E-state index in [9.17, 15) is 4.79 Å². The van der Waals surface area contributed by atoms with Crippen LogP contribution in [0.3, 0.4) is 0 Å². The van der Waals surface area contributed by atoms with Crippen molar-refractivity contribution in [3.05, 3.63) is 52.9 Å². The normalized spacial score (nSPS) is 20.9. The number of benzene rings is 1. The molecule has 122 valence electrons. The van der Waals surface area contributed by atoms with Gasteiger partial charge in [0.1, 0.15) is 11.3 Å². The minimum absolute atomic E-state index is 0.0116. The Kier molecular flexibility index (Phi) is 4.48. The van der Waals surface area contributed by atoms with Gasteiger partial charge < -0.3 is 15.2 Å². The molecule has 0 radical (unpaired) electrons. The molecule has 2 heterocycles. The monoisotopic (exact) mass is 313 g/mol. The molecule has 2 atom stereocenters. The van der Waals surface area contributed by atoms with Gasteiger partial charge in [-0.25, -0.2) is 0 Å². The summed E-state index contributed by atoms with van der Waals surface area (Å²) in [6.07, 6.45) is 0.689. The summed E-state index contributed by atoms with van der Waals surface area (Å²) in [7, 11) is 0. The van der Waals surface area contributed by atoms with E-state index in [0.29, 0.717) is 37.4 Å². The van der Waals surface area contributed by atoms with Crippen molar-refractivity contribution in [1.29, 1.82) is 0 Å². The summed E-state index contributed by atoms with van der Waals surface area (Å²) in [4.78, 5) is 14.8. The molecule has 0 unspecified atom stereocenters. The van der Waals surface area contributed by atoms with Crippen LogP contribution in [0.4, 0.5) is 0 Å². The number of carbonyl (C=O) groups is 1. The molecule has 2 aromatic rings. The van der Waals surface area contributed by atoms with Crippen molar-refractivity contribution >= 4 is 5.91 Å². The van der Waals surface area contributed by atoms with Gasteiger partial charge in [-0.1, -0.05) is 42.4 Å². The van der Waals surface area contributed by atoms with Gasteiger partial charge in [0.25, 0.3) is 5.91 Å². The summed E-state index contributed by atoms with van der Waals surface area (Å²) in [5, 5.41) is 4.00. The molecular weight excluding hydrogens is 290 g/mol. The van der Waals surface area contributed by atoms with Crippen molar-refractivity contribution in [2.45, 2.75) is 26.2 Å². The number of aryl methyl sites for hydroxylation is 2. The first-order valence-corrected chi connectivity index (χ1v) is 8.15. The Hall–Kier alpha value is -2.14. The van der Waals surface area contributed by atoms with E-state index in [4.69, 9.17) is 10.3 Å². The summed E-state index contributed by atoms with van der Waals surface area (Å²) in [6.45, 7) is 5.73. The largest absolute Gasteiger partial charge is 0.361 e. The van der Waals surface area contributed by atoms with Gasteiger partial charge in [0.15, 0.2) is 0 Å². The van der Waals surface area contributed by atoms with Crippen LogP contribution in [0.25, 0.3) is 0 Å². The lowest BCUT2D eigenvalue weighted by Gasteiger charge is -2.17. The van der Waals surface area contributed by atoms with E-state index in [0.717, 1.165) is 5.69 Å². The number of aromatic nitrogens is 1. The fourth-order valence-corrected chi connectivity index (χ4v) is 3.45. The molecule has 5 nitrogen and oxygen atoms in total. The summed E-state index contributed by atoms with van der Waals surface area (Å²) < 4.78 is 5.21. The quantitative estimate of drug-likeness (QED) is 0.940. The first-order valence-electron chi connectivity index (χ1n) is 8.15. The lowest BCUT2D eigenvalue weighted by molar-refractivity contribution is 0.0783. The van der Waals surface area contributed by atoms with E-state index in [1.165, 1.54) is 5.56 Å². The van der Waals surface area contributed by atoms with Crippen LogP contribution in [0.5, 0.6) is 0 Å². The second kappa shape index (κ2) is 6.54. The van der Waals surface area contributed by atoms with Crippen molar-refractivity contribution in [2.75, 3.05) is 19.6 Å². The van der Waals surface area contributed by atoms with Gasteiger partial charge in [0.05, 0.1) is 5.69 Å². The number of hydrogen-bond donors (Lipinski definition) is 1. The maximum absolute atomic E-state index is 12.9. The number of amides is 1. The fourth-order valence-electron chi connectivity index (χ4n) is 3.45. The maximum Gasteiger partial charge on any atom is 0.259 e. The van der Waals surface area contributed by atoms with E-state index in [-0.39, 0.29) is 17.7 Å². The average molecular weight is 313 g/mol. The third-order valence-corrected chi connectivity index (χ3v) is 4.74. The number of nitrogens with zero attached hydrogens (tertiary/aromatic N) is 2. The van der Waals surface area contributed by atoms with E-state index in [1.54, 1.807) is 6.92 Å². The minimum atomic E-state index is 0.0116. The topological polar surface area (TPSA) is 72.4 Å². The van der Waals surface area contributed by atoms with Gasteiger partial charge >= 0.3 is 0 Å². The summed E-state index contributed by atoms with van der Waals surface area (Å²) in [6, 6.07) is 10.3. The van der Waals surface area contributed by atoms with Crippen LogP contribution >= 0.6 is 0 Å². The van der Waals surface area contributed by atoms with Gasteiger partial charge in [-0.05, 0) is 31.4 Å². The fraction of sp³-hybridized carbons (Fsp3) is 0.444. The average Bonchev–Trinajstić information content (AvgIpc) is 3.18. The zero-order chi connectivity index (χ0) is 16.4. The first kappa shape index (κ1) is 15.7. The predicted molar refractivity (Wildman–Crippen MR) is 88.2 cm³/mol. The van der Waals surface area contributed by atoms with Crippen LogP contribution in [0, 0.1) is 12.8 Å². The number of nitrogens with two attached hydrogens (primary N) is 1. The third-order valence-electron chi connectivity index (χ3n) is 4.74. The van der Waals surface area contributed by atoms with Crippen LogP contribution in [0.2, 0.25) is 0 Å². The Morgan fingerprint density at radius 3 is 2.74 bits per heavy atom. The molecule has 0 aliphatic carbocycles. The van der Waals surface area contributed by atoms with Crippen LogP contribution in [-0.4, -0.2) is 35.6 Å². The Balaban J connectivity index is 1.85. The Morgan fingerprint density at radius 1 is 1.35 bits per heavy atom. The minimum Gasteiger partial charge on any atom is -0.361 e. The van der Waals surface area contributed by atoms with Crippen LogP contribution in [0.15, 0.2) is 34.9 Å². The second-order valence-corrected chi connectivity index (χ2v) is 6.14. The predicted octanol–water partition coefficient (Wildman–Crippen LogP) is 2.36. The molecule has 0 saturated carbocycles. The van der Waals surface area contributed by atoms with Gasteiger partial charge in [-0.15, -0.1) is 0 Å². The molecule has 1 aliphatic heterocycles. The molecule has 0 spiro atoms. The van der Waals surface area contributed by atoms with Crippen LogP contribution < -0.4 is 5.73 Å². The molecule has 23 heavy (non-hydrogen) atoms. The maximum atomic E-state index is 12.9. The summed E-state index contributed by atoms with van der Waals surface area (Å²) >= 11 is 0. The number of hydrogen-bond acceptors (Lipinski definition) is 4. The Morgan fingerprint density at radius 2 is 2.09 bits per heavy atom. The van der Waals surface area contributed by atoms with Crippen LogP contribution in [0.1, 0.15) is 40.2 Å². The molecule has 1 aromatic heterocycles. The van der Waals surface area contributed by atoms with E-state index in [1.807, 2.05) is 30.0 Å². The SMILES string of the molecule is CCc1noc(C)c1C(=O)N1C[C@@H](CN)[C@H](c2ccccc2)C1. The standard InChI is InChI=1S/C18H23N3O2/c1-3-16-17(12(2)23-20-16)18(22)21-10-14(9-19)15(11-21)13-7-5-4-6-8-13/h4-8,14-15H,3,9-11,19H2,1-2H3/t14-,15+/m1/s1. The molecular formula is C18H23N3O2. The lowest BCUT2D eigenvalue weighted by atomic mass is 9.89. The molecule has 1 aliphatic rings. The molecule has 1 fully saturated rings. The highest BCUT2D eigenvalue weighted by atomic mass is 16.5. The van der Waals surface area contributed by atoms with E-state index >= 15 is 0 Å². The van der Waals surface area contributed by atoms with Gasteiger partial charge in [-0.3, -0.25) is 4.79 Å². The van der Waals surface area contributed by atoms with Gasteiger partial charge in [0.2, 0.25) is 0 Å². The van der Waals surface area contributed by atoms with Crippen molar-refractivity contribution in [2.24, 2.45) is 11.7 Å². The molecule has 1 aromatic carbocycles. The van der Waals surface area contributed by atoms with Crippen molar-refractivity contribution < 1.29 is 9.32 Å². The van der Waals surface area contributed by atoms with E-state index in [2.05, 4.69) is 17.3 Å². The smallest absolute Gasteiger partial charge is 0.259 e. The molecule has 5 heteroatoms. The van der Waals surface area contributed by atoms with Gasteiger partial charge in [0, 0.05) is 19.0 Å². The highest BCUT2D eigenvalue weighted by Gasteiger charge is 2.37. The Labute approximate surface area is 136 Å². The van der Waals surface area contributed by atoms with Crippen molar-refractivity contribution in [3.8, 4) is 0 Å². The summed E-state index contributed by atoms with van der Waals surface area (Å²) in [5.41, 5.74) is 8.56. The number of carbonyl (C=O) groups excluding carboxylic acids is 1. The zero-order valence-corrected chi connectivity index (χ0v) is 13.7. The third kappa shape index (κ3) is 2.88. The van der Waals surface area contributed by atoms with Crippen molar-refractivity contribution in [3.63, 3.8) is 0 Å². The highest BCUT2D eigenvalue weighted by Crippen LogP contribution is 2.33. The first-order chi connectivity index (χ1) is 11.2. The van der Waals surface area contributed by atoms with Crippen molar-refractivity contribution in [1.82, 2.24) is 10.1 Å². The zero-order valence-electron chi connectivity index (χ0n) is 13.7. The molecule has 1 saturated heterocycles. The molecule has 2 N–H and O–H groups in total. The Bertz CT molecular complexity index is 681. The summed E-state index contributed by atoms with van der Waals surface area (Å²) in [5.74, 6) is 1.18. The highest BCUT2D eigenvalue weighted by molar-refractivity contribution is 5.96. The second-order valence-electron chi connectivity index (χ2n) is 6.14. The number of likely N-dealkylation sites (tertiary alicyclic amines) is 1.